The van der Waals surface area contributed by atoms with Gasteiger partial charge in [-0.25, -0.2) is 0 Å². The molecule has 0 radical (unpaired) electrons. The van der Waals surface area contributed by atoms with Crippen molar-refractivity contribution in [3.05, 3.63) is 29.3 Å². The molecule has 0 bridgehead atoms. The highest BCUT2D eigenvalue weighted by molar-refractivity contribution is 5.87. The van der Waals surface area contributed by atoms with E-state index >= 15 is 0 Å². The number of nitrogens with zero attached hydrogens (tertiary/aromatic N) is 1. The minimum atomic E-state index is -4.51. The van der Waals surface area contributed by atoms with Gasteiger partial charge in [-0.2, -0.15) is 13.2 Å². The number of hydrogen-bond acceptors (Lipinski definition) is 2. The number of nitrogens with one attached hydrogen (secondary N) is 1. The number of amides is 1. The normalized spacial score (nSPS) is 18.7. The van der Waals surface area contributed by atoms with E-state index in [4.69, 9.17) is 0 Å². The molecule has 1 saturated carbocycles. The summed E-state index contributed by atoms with van der Waals surface area (Å²) in [6.07, 6.45) is -1.70. The Hall–Kier alpha value is -2.16. The number of rotatable bonds is 2. The quantitative estimate of drug-likeness (QED) is 0.788. The van der Waals surface area contributed by atoms with Gasteiger partial charge >= 0.3 is 6.18 Å². The lowest BCUT2D eigenvalue weighted by Gasteiger charge is -2.25. The Kier molecular flexibility index (Phi) is 4.92. The molecule has 1 aromatic carbocycles. The van der Waals surface area contributed by atoms with E-state index in [1.807, 2.05) is 12.1 Å². The molecule has 0 atom stereocenters. The smallest absolute Gasteiger partial charge is 0.374 e. The summed E-state index contributed by atoms with van der Waals surface area (Å²) in [7, 11) is 2.05. The third kappa shape index (κ3) is 3.92. The molecule has 146 valence electrons. The number of fused-ring (bicyclic) bond motifs is 1. The van der Waals surface area contributed by atoms with E-state index in [-0.39, 0.29) is 12.8 Å². The van der Waals surface area contributed by atoms with Crippen LogP contribution in [0, 0.1) is 17.3 Å². The Morgan fingerprint density at radius 3 is 2.56 bits per heavy atom. The minimum absolute atomic E-state index is 0.148. The molecule has 2 aliphatic rings. The number of hydrogen-bond donors (Lipinski definition) is 1. The topological polar surface area (TPSA) is 32.3 Å². The predicted octanol–water partition coefficient (Wildman–Crippen LogP) is 4.05. The second-order valence-electron chi connectivity index (χ2n) is 8.09. The number of carbonyl (C=O) groups excluding carboxylic acids is 1. The first-order valence-corrected chi connectivity index (χ1v) is 9.31. The summed E-state index contributed by atoms with van der Waals surface area (Å²) in [5.41, 5.74) is -0.0766. The van der Waals surface area contributed by atoms with E-state index in [1.165, 1.54) is 5.56 Å². The van der Waals surface area contributed by atoms with Crippen LogP contribution in [0.15, 0.2) is 18.2 Å². The highest BCUT2D eigenvalue weighted by Gasteiger charge is 2.68. The molecule has 27 heavy (non-hydrogen) atoms. The van der Waals surface area contributed by atoms with Gasteiger partial charge in [0.05, 0.1) is 5.54 Å². The van der Waals surface area contributed by atoms with Gasteiger partial charge in [-0.3, -0.25) is 4.79 Å². The second-order valence-corrected chi connectivity index (χ2v) is 8.09. The average molecular weight is 378 g/mol. The molecule has 0 saturated heterocycles. The molecule has 1 fully saturated rings. The van der Waals surface area contributed by atoms with Crippen molar-refractivity contribution in [3.8, 4) is 11.8 Å². The van der Waals surface area contributed by atoms with Crippen LogP contribution in [-0.4, -0.2) is 31.2 Å². The van der Waals surface area contributed by atoms with Crippen molar-refractivity contribution in [3.63, 3.8) is 0 Å². The van der Waals surface area contributed by atoms with E-state index in [1.54, 1.807) is 13.8 Å². The highest BCUT2D eigenvalue weighted by Crippen LogP contribution is 2.57. The maximum Gasteiger partial charge on any atom is 0.403 e. The second kappa shape index (κ2) is 6.78. The van der Waals surface area contributed by atoms with Gasteiger partial charge in [0, 0.05) is 24.8 Å². The van der Waals surface area contributed by atoms with Gasteiger partial charge in [0.15, 0.2) is 0 Å². The summed E-state index contributed by atoms with van der Waals surface area (Å²) in [6.45, 7) is 4.27. The van der Waals surface area contributed by atoms with Crippen LogP contribution in [0.3, 0.4) is 0 Å². The lowest BCUT2D eigenvalue weighted by molar-refractivity contribution is -0.192. The van der Waals surface area contributed by atoms with Gasteiger partial charge in [0.1, 0.15) is 5.41 Å². The van der Waals surface area contributed by atoms with E-state index in [2.05, 4.69) is 35.2 Å². The molecule has 0 spiro atoms. The lowest BCUT2D eigenvalue weighted by atomic mass is 9.98. The fraction of sp³-hybridized carbons (Fsp3) is 0.571. The Morgan fingerprint density at radius 2 is 1.93 bits per heavy atom. The van der Waals surface area contributed by atoms with Crippen LogP contribution in [0.25, 0.3) is 0 Å². The zero-order valence-corrected chi connectivity index (χ0v) is 16.0. The maximum atomic E-state index is 13.1. The highest BCUT2D eigenvalue weighted by atomic mass is 19.4. The first-order chi connectivity index (χ1) is 12.6. The maximum absolute atomic E-state index is 13.1. The number of alkyl halides is 3. The van der Waals surface area contributed by atoms with Crippen molar-refractivity contribution in [2.75, 3.05) is 18.5 Å². The van der Waals surface area contributed by atoms with Crippen LogP contribution in [0.4, 0.5) is 18.9 Å². The predicted molar refractivity (Wildman–Crippen MR) is 99.5 cm³/mol. The number of halogens is 3. The van der Waals surface area contributed by atoms with Crippen molar-refractivity contribution < 1.29 is 18.0 Å². The van der Waals surface area contributed by atoms with E-state index in [0.29, 0.717) is 0 Å². The molecule has 1 heterocycles. The Balaban J connectivity index is 1.81. The first-order valence-electron chi connectivity index (χ1n) is 9.31. The van der Waals surface area contributed by atoms with Crippen molar-refractivity contribution in [1.29, 1.82) is 0 Å². The van der Waals surface area contributed by atoms with Crippen LogP contribution in [0.2, 0.25) is 0 Å². The van der Waals surface area contributed by atoms with E-state index in [9.17, 15) is 18.0 Å². The third-order valence-electron chi connectivity index (χ3n) is 5.40. The minimum Gasteiger partial charge on any atom is -0.374 e. The zero-order valence-electron chi connectivity index (χ0n) is 16.0. The SMILES string of the molecule is CN1CCCCc2c(C#CC(C)(C)NC(=O)C3(C(F)(F)F)CC3)cccc21. The van der Waals surface area contributed by atoms with Gasteiger partial charge < -0.3 is 10.2 Å². The fourth-order valence-electron chi connectivity index (χ4n) is 3.51. The van der Waals surface area contributed by atoms with E-state index in [0.717, 1.165) is 37.1 Å². The Labute approximate surface area is 158 Å². The molecule has 6 heteroatoms. The Bertz CT molecular complexity index is 798. The van der Waals surface area contributed by atoms with Crippen LogP contribution in [0.5, 0.6) is 0 Å². The van der Waals surface area contributed by atoms with Crippen molar-refractivity contribution in [2.24, 2.45) is 5.41 Å². The fourth-order valence-corrected chi connectivity index (χ4v) is 3.51. The summed E-state index contributed by atoms with van der Waals surface area (Å²) >= 11 is 0. The molecule has 1 aromatic rings. The Morgan fingerprint density at radius 1 is 1.22 bits per heavy atom. The molecular formula is C21H25F3N2O. The van der Waals surface area contributed by atoms with Crippen molar-refractivity contribution >= 4 is 11.6 Å². The average Bonchev–Trinajstić information content (AvgIpc) is 3.38. The van der Waals surface area contributed by atoms with Gasteiger partial charge in [0.2, 0.25) is 5.91 Å². The number of carbonyl (C=O) groups is 1. The molecular weight excluding hydrogens is 353 g/mol. The molecule has 3 rings (SSSR count). The lowest BCUT2D eigenvalue weighted by Crippen LogP contribution is -2.49. The molecule has 0 unspecified atom stereocenters. The summed E-state index contributed by atoms with van der Waals surface area (Å²) in [6, 6.07) is 5.94. The number of anilines is 1. The van der Waals surface area contributed by atoms with Crippen LogP contribution in [0.1, 0.15) is 50.7 Å². The largest absolute Gasteiger partial charge is 0.403 e. The summed E-state index contributed by atoms with van der Waals surface area (Å²) in [4.78, 5) is 14.4. The van der Waals surface area contributed by atoms with Crippen molar-refractivity contribution in [1.82, 2.24) is 5.32 Å². The van der Waals surface area contributed by atoms with Gasteiger partial charge in [-0.15, -0.1) is 0 Å². The monoisotopic (exact) mass is 378 g/mol. The van der Waals surface area contributed by atoms with Crippen molar-refractivity contribution in [2.45, 2.75) is 57.7 Å². The molecule has 1 N–H and O–H groups in total. The van der Waals surface area contributed by atoms with Crippen LogP contribution >= 0.6 is 0 Å². The van der Waals surface area contributed by atoms with Gasteiger partial charge in [0.25, 0.3) is 0 Å². The summed E-state index contributed by atoms with van der Waals surface area (Å²) < 4.78 is 39.4. The van der Waals surface area contributed by atoms with E-state index < -0.39 is 23.0 Å². The molecule has 1 amide bonds. The number of benzene rings is 1. The van der Waals surface area contributed by atoms with Crippen LogP contribution < -0.4 is 10.2 Å². The molecule has 0 aromatic heterocycles. The summed E-state index contributed by atoms with van der Waals surface area (Å²) in [5.74, 6) is 5.11. The standard InChI is InChI=1S/C21H25F3N2O/c1-19(2,25-18(27)20(12-13-20)21(22,23)24)11-10-15-7-6-9-17-16(15)8-4-5-14-26(17)3/h6-7,9H,4-5,8,12-14H2,1-3H3,(H,25,27). The summed E-state index contributed by atoms with van der Waals surface area (Å²) in [5, 5.41) is 2.49. The molecule has 1 aliphatic heterocycles. The van der Waals surface area contributed by atoms with Gasteiger partial charge in [-0.05, 0) is 63.6 Å². The van der Waals surface area contributed by atoms with Gasteiger partial charge in [-0.1, -0.05) is 17.9 Å². The third-order valence-corrected chi connectivity index (χ3v) is 5.40. The van der Waals surface area contributed by atoms with Crippen LogP contribution in [-0.2, 0) is 11.2 Å². The first kappa shape index (κ1) is 19.6. The molecule has 1 aliphatic carbocycles. The molecule has 3 nitrogen and oxygen atoms in total. The zero-order chi connectivity index (χ0) is 19.9.